The van der Waals surface area contributed by atoms with Crippen molar-refractivity contribution in [1.29, 1.82) is 0 Å². The molecular formula is C11H15NO2. The van der Waals surface area contributed by atoms with Crippen molar-refractivity contribution in [2.75, 3.05) is 13.1 Å². The number of aliphatic hydroxyl groups is 1. The molecule has 0 bridgehead atoms. The highest BCUT2D eigenvalue weighted by atomic mass is 16.4. The molecule has 1 rings (SSSR count). The predicted octanol–water partition coefficient (Wildman–Crippen LogP) is 1.32. The molecule has 0 saturated heterocycles. The van der Waals surface area contributed by atoms with Crippen molar-refractivity contribution in [3.8, 4) is 11.8 Å². The van der Waals surface area contributed by atoms with E-state index in [0.717, 1.165) is 13.0 Å². The molecule has 0 radical (unpaired) electrons. The number of nitrogens with one attached hydrogen (secondary N) is 1. The summed E-state index contributed by atoms with van der Waals surface area (Å²) in [5.74, 6) is 6.35. The Balaban J connectivity index is 2.15. The highest BCUT2D eigenvalue weighted by Crippen LogP contribution is 2.11. The summed E-state index contributed by atoms with van der Waals surface area (Å²) in [5.41, 5.74) is 0. The molecule has 0 aliphatic rings. The molecule has 0 spiro atoms. The average molecular weight is 193 g/mol. The fourth-order valence-corrected chi connectivity index (χ4v) is 1.10. The Hall–Kier alpha value is -1.24. The molecule has 1 aromatic heterocycles. The van der Waals surface area contributed by atoms with Crippen LogP contribution in [0, 0.1) is 11.8 Å². The van der Waals surface area contributed by atoms with Gasteiger partial charge in [-0.1, -0.05) is 0 Å². The van der Waals surface area contributed by atoms with Crippen LogP contribution >= 0.6 is 0 Å². The summed E-state index contributed by atoms with van der Waals surface area (Å²) >= 11 is 0. The number of aliphatic hydroxyl groups excluding tert-OH is 1. The van der Waals surface area contributed by atoms with Gasteiger partial charge in [0.1, 0.15) is 11.9 Å². The van der Waals surface area contributed by atoms with Crippen molar-refractivity contribution >= 4 is 0 Å². The van der Waals surface area contributed by atoms with Crippen molar-refractivity contribution in [3.63, 3.8) is 0 Å². The second-order valence-corrected chi connectivity index (χ2v) is 2.91. The molecule has 0 aromatic carbocycles. The summed E-state index contributed by atoms with van der Waals surface area (Å²) in [5, 5.41) is 12.7. The van der Waals surface area contributed by atoms with Gasteiger partial charge in [0.2, 0.25) is 0 Å². The predicted molar refractivity (Wildman–Crippen MR) is 54.6 cm³/mol. The van der Waals surface area contributed by atoms with Gasteiger partial charge in [-0.05, 0) is 19.1 Å². The van der Waals surface area contributed by atoms with Crippen LogP contribution in [0.25, 0.3) is 0 Å². The Kier molecular flexibility index (Phi) is 4.84. The number of rotatable bonds is 5. The van der Waals surface area contributed by atoms with Crippen molar-refractivity contribution in [2.24, 2.45) is 0 Å². The van der Waals surface area contributed by atoms with Gasteiger partial charge in [-0.3, -0.25) is 0 Å². The van der Waals surface area contributed by atoms with E-state index in [1.54, 1.807) is 18.4 Å². The minimum Gasteiger partial charge on any atom is -0.467 e. The van der Waals surface area contributed by atoms with Gasteiger partial charge in [-0.25, -0.2) is 0 Å². The Labute approximate surface area is 84.1 Å². The van der Waals surface area contributed by atoms with E-state index in [0.29, 0.717) is 12.3 Å². The summed E-state index contributed by atoms with van der Waals surface area (Å²) in [6.07, 6.45) is 1.79. The second-order valence-electron chi connectivity index (χ2n) is 2.91. The third-order valence-corrected chi connectivity index (χ3v) is 1.81. The van der Waals surface area contributed by atoms with Gasteiger partial charge in [-0.2, -0.15) is 0 Å². The van der Waals surface area contributed by atoms with Crippen molar-refractivity contribution < 1.29 is 9.52 Å². The van der Waals surface area contributed by atoms with E-state index in [1.165, 1.54) is 0 Å². The quantitative estimate of drug-likeness (QED) is 0.547. The molecule has 0 fully saturated rings. The van der Waals surface area contributed by atoms with Gasteiger partial charge in [0.25, 0.3) is 0 Å². The average Bonchev–Trinajstić information content (AvgIpc) is 2.70. The second kappa shape index (κ2) is 6.25. The summed E-state index contributed by atoms with van der Waals surface area (Å²) in [6.45, 7) is 3.11. The fourth-order valence-electron chi connectivity index (χ4n) is 1.10. The van der Waals surface area contributed by atoms with Gasteiger partial charge >= 0.3 is 0 Å². The summed E-state index contributed by atoms with van der Waals surface area (Å²) < 4.78 is 5.06. The standard InChI is InChI=1S/C11H15NO2/c1-2-3-4-7-12-9-10(13)11-6-5-8-14-11/h5-6,8,10,12-13H,4,7,9H2,1H3. The van der Waals surface area contributed by atoms with E-state index < -0.39 is 6.10 Å². The van der Waals surface area contributed by atoms with E-state index in [2.05, 4.69) is 17.2 Å². The largest absolute Gasteiger partial charge is 0.467 e. The molecule has 2 N–H and O–H groups in total. The lowest BCUT2D eigenvalue weighted by Gasteiger charge is -2.07. The molecule has 0 saturated carbocycles. The van der Waals surface area contributed by atoms with Crippen LogP contribution in [-0.2, 0) is 0 Å². The molecule has 0 aliphatic carbocycles. The van der Waals surface area contributed by atoms with E-state index in [1.807, 2.05) is 6.92 Å². The van der Waals surface area contributed by atoms with Gasteiger partial charge in [0.15, 0.2) is 0 Å². The van der Waals surface area contributed by atoms with Crippen LogP contribution in [0.2, 0.25) is 0 Å². The first-order valence-corrected chi connectivity index (χ1v) is 4.66. The third kappa shape index (κ3) is 3.65. The number of hydrogen-bond donors (Lipinski definition) is 2. The summed E-state index contributed by atoms with van der Waals surface area (Å²) in [7, 11) is 0. The van der Waals surface area contributed by atoms with Crippen LogP contribution in [0.3, 0.4) is 0 Å². The van der Waals surface area contributed by atoms with E-state index in [-0.39, 0.29) is 0 Å². The molecule has 1 aromatic rings. The van der Waals surface area contributed by atoms with Crippen LogP contribution < -0.4 is 5.32 Å². The van der Waals surface area contributed by atoms with Crippen molar-refractivity contribution in [3.05, 3.63) is 24.2 Å². The monoisotopic (exact) mass is 193 g/mol. The van der Waals surface area contributed by atoms with Gasteiger partial charge < -0.3 is 14.8 Å². The Bertz CT molecular complexity index is 295. The fraction of sp³-hybridized carbons (Fsp3) is 0.455. The van der Waals surface area contributed by atoms with Crippen LogP contribution in [-0.4, -0.2) is 18.2 Å². The zero-order valence-electron chi connectivity index (χ0n) is 8.29. The van der Waals surface area contributed by atoms with E-state index in [4.69, 9.17) is 4.42 Å². The SMILES string of the molecule is CC#CCCNCC(O)c1ccco1. The van der Waals surface area contributed by atoms with Crippen molar-refractivity contribution in [1.82, 2.24) is 5.32 Å². The lowest BCUT2D eigenvalue weighted by atomic mass is 10.2. The molecule has 1 unspecified atom stereocenters. The van der Waals surface area contributed by atoms with Gasteiger partial charge in [0.05, 0.1) is 6.26 Å². The Morgan fingerprint density at radius 2 is 2.50 bits per heavy atom. The lowest BCUT2D eigenvalue weighted by molar-refractivity contribution is 0.148. The minimum absolute atomic E-state index is 0.499. The molecule has 3 heteroatoms. The maximum atomic E-state index is 9.57. The first-order valence-electron chi connectivity index (χ1n) is 4.66. The topological polar surface area (TPSA) is 45.4 Å². The highest BCUT2D eigenvalue weighted by Gasteiger charge is 2.08. The van der Waals surface area contributed by atoms with Crippen LogP contribution in [0.4, 0.5) is 0 Å². The molecule has 3 nitrogen and oxygen atoms in total. The smallest absolute Gasteiger partial charge is 0.133 e. The molecule has 76 valence electrons. The summed E-state index contributed by atoms with van der Waals surface area (Å²) in [6, 6.07) is 3.53. The maximum Gasteiger partial charge on any atom is 0.133 e. The van der Waals surface area contributed by atoms with Crippen LogP contribution in [0.5, 0.6) is 0 Å². The van der Waals surface area contributed by atoms with Gasteiger partial charge in [0, 0.05) is 19.5 Å². The Morgan fingerprint density at radius 3 is 3.14 bits per heavy atom. The molecule has 1 atom stereocenters. The van der Waals surface area contributed by atoms with Crippen LogP contribution in [0.15, 0.2) is 22.8 Å². The van der Waals surface area contributed by atoms with Gasteiger partial charge in [-0.15, -0.1) is 11.8 Å². The third-order valence-electron chi connectivity index (χ3n) is 1.81. The molecule has 14 heavy (non-hydrogen) atoms. The first-order chi connectivity index (χ1) is 6.84. The number of furan rings is 1. The normalized spacial score (nSPS) is 11.9. The lowest BCUT2D eigenvalue weighted by Crippen LogP contribution is -2.21. The molecule has 0 aliphatic heterocycles. The van der Waals surface area contributed by atoms with E-state index in [9.17, 15) is 5.11 Å². The first kappa shape index (κ1) is 10.8. The van der Waals surface area contributed by atoms with E-state index >= 15 is 0 Å². The zero-order chi connectivity index (χ0) is 10.2. The highest BCUT2D eigenvalue weighted by molar-refractivity contribution is 5.02. The molecular weight excluding hydrogens is 178 g/mol. The number of hydrogen-bond acceptors (Lipinski definition) is 3. The maximum absolute atomic E-state index is 9.57. The molecule has 1 heterocycles. The Morgan fingerprint density at radius 1 is 1.64 bits per heavy atom. The summed E-state index contributed by atoms with van der Waals surface area (Å²) in [4.78, 5) is 0. The minimum atomic E-state index is -0.570. The molecule has 0 amide bonds. The van der Waals surface area contributed by atoms with Crippen LogP contribution in [0.1, 0.15) is 25.2 Å². The van der Waals surface area contributed by atoms with Crippen molar-refractivity contribution in [2.45, 2.75) is 19.4 Å². The zero-order valence-corrected chi connectivity index (χ0v) is 8.29.